The number of anilines is 1. The van der Waals surface area contributed by atoms with Crippen LogP contribution < -0.4 is 11.1 Å². The molecule has 0 spiro atoms. The summed E-state index contributed by atoms with van der Waals surface area (Å²) >= 11 is 0. The zero-order valence-electron chi connectivity index (χ0n) is 9.61. The predicted octanol–water partition coefficient (Wildman–Crippen LogP) is 1.10. The molecule has 0 radical (unpaired) electrons. The molecule has 2 rings (SSSR count). The largest absolute Gasteiger partial charge is 0.396 e. The molecular formula is C12H13FN4O. The lowest BCUT2D eigenvalue weighted by Gasteiger charge is -2.04. The number of carbonyl (C=O) groups excluding carboxylic acids is 1. The fourth-order valence-electron chi connectivity index (χ4n) is 1.54. The molecule has 0 saturated carbocycles. The summed E-state index contributed by atoms with van der Waals surface area (Å²) in [6.07, 6.45) is 2.01. The van der Waals surface area contributed by atoms with Crippen molar-refractivity contribution in [3.63, 3.8) is 0 Å². The molecule has 1 amide bonds. The van der Waals surface area contributed by atoms with Gasteiger partial charge in [0.2, 0.25) is 0 Å². The lowest BCUT2D eigenvalue weighted by Crippen LogP contribution is -2.26. The molecule has 0 aliphatic rings. The van der Waals surface area contributed by atoms with Crippen molar-refractivity contribution in [1.82, 2.24) is 15.5 Å². The molecule has 0 saturated heterocycles. The highest BCUT2D eigenvalue weighted by Gasteiger charge is 2.10. The van der Waals surface area contributed by atoms with E-state index in [2.05, 4.69) is 15.5 Å². The maximum Gasteiger partial charge on any atom is 0.271 e. The van der Waals surface area contributed by atoms with Crippen LogP contribution in [0.1, 0.15) is 16.1 Å². The minimum Gasteiger partial charge on any atom is -0.396 e. The molecule has 1 heterocycles. The minimum atomic E-state index is -0.299. The highest BCUT2D eigenvalue weighted by Crippen LogP contribution is 2.06. The van der Waals surface area contributed by atoms with Gasteiger partial charge in [0.1, 0.15) is 11.5 Å². The van der Waals surface area contributed by atoms with Crippen LogP contribution in [0.25, 0.3) is 0 Å². The molecular weight excluding hydrogens is 235 g/mol. The van der Waals surface area contributed by atoms with E-state index in [1.54, 1.807) is 12.1 Å². The number of nitrogens with one attached hydrogen (secondary N) is 2. The maximum atomic E-state index is 12.7. The van der Waals surface area contributed by atoms with Crippen molar-refractivity contribution >= 4 is 11.6 Å². The van der Waals surface area contributed by atoms with Crippen LogP contribution in [0.4, 0.5) is 10.1 Å². The fourth-order valence-corrected chi connectivity index (χ4v) is 1.54. The van der Waals surface area contributed by atoms with E-state index in [9.17, 15) is 9.18 Å². The van der Waals surface area contributed by atoms with E-state index in [0.29, 0.717) is 18.7 Å². The summed E-state index contributed by atoms with van der Waals surface area (Å²) in [5.74, 6) is -0.569. The fraction of sp³-hybridized carbons (Fsp3) is 0.167. The number of hydrogen-bond acceptors (Lipinski definition) is 3. The molecule has 0 aliphatic carbocycles. The van der Waals surface area contributed by atoms with Crippen LogP contribution in [0.2, 0.25) is 0 Å². The highest BCUT2D eigenvalue weighted by molar-refractivity contribution is 5.96. The Kier molecular flexibility index (Phi) is 3.57. The van der Waals surface area contributed by atoms with Crippen molar-refractivity contribution in [2.24, 2.45) is 0 Å². The summed E-state index contributed by atoms with van der Waals surface area (Å²) in [5, 5.41) is 8.90. The van der Waals surface area contributed by atoms with Gasteiger partial charge in [-0.2, -0.15) is 5.10 Å². The Morgan fingerprint density at radius 2 is 2.11 bits per heavy atom. The monoisotopic (exact) mass is 248 g/mol. The Labute approximate surface area is 103 Å². The molecule has 2 aromatic rings. The Balaban J connectivity index is 1.84. The standard InChI is InChI=1S/C12H13FN4O/c13-9-3-1-8(2-4-9)5-6-15-12(18)11-10(14)7-16-17-11/h1-4,7H,5-6,14H2,(H,15,18)(H,16,17). The van der Waals surface area contributed by atoms with Gasteiger partial charge in [-0.3, -0.25) is 9.89 Å². The normalized spacial score (nSPS) is 10.3. The molecule has 0 aliphatic heterocycles. The second kappa shape index (κ2) is 5.31. The molecule has 0 atom stereocenters. The van der Waals surface area contributed by atoms with E-state index >= 15 is 0 Å². The van der Waals surface area contributed by atoms with E-state index in [4.69, 9.17) is 5.73 Å². The van der Waals surface area contributed by atoms with Crippen LogP contribution in [0.3, 0.4) is 0 Å². The number of carbonyl (C=O) groups is 1. The summed E-state index contributed by atoms with van der Waals surface area (Å²) in [6, 6.07) is 6.16. The number of aromatic amines is 1. The van der Waals surface area contributed by atoms with Crippen molar-refractivity contribution in [1.29, 1.82) is 0 Å². The molecule has 1 aromatic heterocycles. The number of halogens is 1. The number of benzene rings is 1. The summed E-state index contributed by atoms with van der Waals surface area (Å²) < 4.78 is 12.7. The number of hydrogen-bond donors (Lipinski definition) is 3. The quantitative estimate of drug-likeness (QED) is 0.757. The molecule has 0 unspecified atom stereocenters. The molecule has 4 N–H and O–H groups in total. The lowest BCUT2D eigenvalue weighted by atomic mass is 10.1. The van der Waals surface area contributed by atoms with Gasteiger partial charge in [-0.05, 0) is 24.1 Å². The van der Waals surface area contributed by atoms with Gasteiger partial charge >= 0.3 is 0 Å². The average molecular weight is 248 g/mol. The average Bonchev–Trinajstić information content (AvgIpc) is 2.78. The molecule has 1 aromatic carbocycles. The van der Waals surface area contributed by atoms with Crippen molar-refractivity contribution in [2.45, 2.75) is 6.42 Å². The summed E-state index contributed by atoms with van der Waals surface area (Å²) in [5.41, 5.74) is 7.07. The number of amides is 1. The zero-order valence-corrected chi connectivity index (χ0v) is 9.61. The smallest absolute Gasteiger partial charge is 0.271 e. The van der Waals surface area contributed by atoms with Gasteiger partial charge in [0.05, 0.1) is 11.9 Å². The first kappa shape index (κ1) is 12.1. The van der Waals surface area contributed by atoms with Crippen LogP contribution >= 0.6 is 0 Å². The maximum absolute atomic E-state index is 12.7. The highest BCUT2D eigenvalue weighted by atomic mass is 19.1. The van der Waals surface area contributed by atoms with E-state index in [-0.39, 0.29) is 17.4 Å². The van der Waals surface area contributed by atoms with Gasteiger partial charge in [-0.15, -0.1) is 0 Å². The Morgan fingerprint density at radius 1 is 1.39 bits per heavy atom. The number of nitrogen functional groups attached to an aromatic ring is 1. The van der Waals surface area contributed by atoms with Gasteiger partial charge < -0.3 is 11.1 Å². The minimum absolute atomic E-state index is 0.258. The summed E-state index contributed by atoms with van der Waals surface area (Å²) in [4.78, 5) is 11.6. The molecule has 0 bridgehead atoms. The van der Waals surface area contributed by atoms with Crippen molar-refractivity contribution < 1.29 is 9.18 Å². The van der Waals surface area contributed by atoms with E-state index in [0.717, 1.165) is 5.56 Å². The third-order valence-electron chi connectivity index (χ3n) is 2.51. The van der Waals surface area contributed by atoms with Gasteiger partial charge in [0, 0.05) is 6.54 Å². The molecule has 94 valence electrons. The van der Waals surface area contributed by atoms with E-state index < -0.39 is 0 Å². The third-order valence-corrected chi connectivity index (χ3v) is 2.51. The summed E-state index contributed by atoms with van der Waals surface area (Å²) in [6.45, 7) is 0.447. The topological polar surface area (TPSA) is 83.8 Å². The summed E-state index contributed by atoms with van der Waals surface area (Å²) in [7, 11) is 0. The van der Waals surface area contributed by atoms with Crippen molar-refractivity contribution in [2.75, 3.05) is 12.3 Å². The van der Waals surface area contributed by atoms with Gasteiger partial charge in [0.25, 0.3) is 5.91 Å². The van der Waals surface area contributed by atoms with Crippen LogP contribution in [-0.4, -0.2) is 22.6 Å². The van der Waals surface area contributed by atoms with Gasteiger partial charge in [-0.1, -0.05) is 12.1 Å². The van der Waals surface area contributed by atoms with Crippen molar-refractivity contribution in [3.8, 4) is 0 Å². The Hall–Kier alpha value is -2.37. The molecule has 6 heteroatoms. The van der Waals surface area contributed by atoms with Crippen LogP contribution in [0, 0.1) is 5.82 Å². The predicted molar refractivity (Wildman–Crippen MR) is 65.4 cm³/mol. The van der Waals surface area contributed by atoms with E-state index in [1.165, 1.54) is 18.3 Å². The van der Waals surface area contributed by atoms with Gasteiger partial charge in [-0.25, -0.2) is 4.39 Å². The van der Waals surface area contributed by atoms with Crippen molar-refractivity contribution in [3.05, 3.63) is 47.5 Å². The number of aromatic nitrogens is 2. The first-order valence-electron chi connectivity index (χ1n) is 5.48. The lowest BCUT2D eigenvalue weighted by molar-refractivity contribution is 0.0950. The van der Waals surface area contributed by atoms with E-state index in [1.807, 2.05) is 0 Å². The van der Waals surface area contributed by atoms with Crippen LogP contribution in [0.15, 0.2) is 30.5 Å². The third kappa shape index (κ3) is 2.85. The second-order valence-electron chi connectivity index (χ2n) is 3.83. The van der Waals surface area contributed by atoms with Gasteiger partial charge in [0.15, 0.2) is 0 Å². The van der Waals surface area contributed by atoms with Crippen LogP contribution in [0.5, 0.6) is 0 Å². The number of H-pyrrole nitrogens is 1. The number of nitrogens with zero attached hydrogens (tertiary/aromatic N) is 1. The zero-order chi connectivity index (χ0) is 13.0. The Morgan fingerprint density at radius 3 is 2.72 bits per heavy atom. The second-order valence-corrected chi connectivity index (χ2v) is 3.83. The van der Waals surface area contributed by atoms with Crippen LogP contribution in [-0.2, 0) is 6.42 Å². The molecule has 0 fully saturated rings. The molecule has 18 heavy (non-hydrogen) atoms. The SMILES string of the molecule is Nc1cn[nH]c1C(=O)NCCc1ccc(F)cc1. The first-order valence-corrected chi connectivity index (χ1v) is 5.48. The Bertz CT molecular complexity index is 535. The number of rotatable bonds is 4. The number of nitrogens with two attached hydrogens (primary N) is 1. The first-order chi connectivity index (χ1) is 8.66. The molecule has 5 nitrogen and oxygen atoms in total.